The Balaban J connectivity index is 1.00. The van der Waals surface area contributed by atoms with E-state index in [9.17, 15) is 0 Å². The fraction of sp³-hybridized carbons (Fsp3) is 0.0556. The summed E-state index contributed by atoms with van der Waals surface area (Å²) < 4.78 is 4.89. The Hall–Kier alpha value is -9.49. The summed E-state index contributed by atoms with van der Waals surface area (Å²) >= 11 is 1.77. The van der Waals surface area contributed by atoms with Crippen molar-refractivity contribution in [1.29, 1.82) is 0 Å². The molecule has 0 spiro atoms. The molecule has 78 heavy (non-hydrogen) atoms. The number of amidine groups is 2. The van der Waals surface area contributed by atoms with Crippen molar-refractivity contribution < 1.29 is 0 Å². The average Bonchev–Trinajstić information content (AvgIpc) is 4.12. The number of aromatic nitrogens is 2. The molecule has 0 amide bonds. The highest BCUT2D eigenvalue weighted by Gasteiger charge is 2.28. The summed E-state index contributed by atoms with van der Waals surface area (Å²) in [7, 11) is 0. The van der Waals surface area contributed by atoms with Gasteiger partial charge in [-0.25, -0.2) is 9.98 Å². The van der Waals surface area contributed by atoms with Gasteiger partial charge in [-0.1, -0.05) is 207 Å². The van der Waals surface area contributed by atoms with Crippen LogP contribution in [0.2, 0.25) is 0 Å². The number of nitrogens with zero attached hydrogens (tertiary/aromatic N) is 4. The van der Waals surface area contributed by atoms with Crippen LogP contribution in [0.15, 0.2) is 276 Å². The number of hydrogen-bond acceptors (Lipinski definition) is 4. The minimum atomic E-state index is -0.531. The lowest BCUT2D eigenvalue weighted by atomic mass is 9.95. The van der Waals surface area contributed by atoms with Gasteiger partial charge >= 0.3 is 0 Å². The average molecular weight is 1020 g/mol. The molecule has 5 nitrogen and oxygen atoms in total. The molecule has 0 saturated heterocycles. The highest BCUT2D eigenvalue weighted by atomic mass is 32.2. The van der Waals surface area contributed by atoms with Crippen molar-refractivity contribution in [3.8, 4) is 55.9 Å². The second kappa shape index (κ2) is 19.9. The number of rotatable bonds is 11. The monoisotopic (exact) mass is 1020 g/mol. The van der Waals surface area contributed by atoms with E-state index < -0.39 is 6.17 Å². The summed E-state index contributed by atoms with van der Waals surface area (Å²) in [6.07, 6.45) is 2.56. The summed E-state index contributed by atoms with van der Waals surface area (Å²) in [6, 6.07) is 94.4. The minimum absolute atomic E-state index is 0.531. The van der Waals surface area contributed by atoms with E-state index in [0.29, 0.717) is 5.84 Å². The third-order valence-electron chi connectivity index (χ3n) is 15.5. The zero-order valence-corrected chi connectivity index (χ0v) is 44.1. The summed E-state index contributed by atoms with van der Waals surface area (Å²) in [5, 5.41) is 8.79. The van der Waals surface area contributed by atoms with Crippen LogP contribution < -0.4 is 5.32 Å². The highest BCUT2D eigenvalue weighted by molar-refractivity contribution is 7.98. The number of benzene rings is 11. The molecule has 0 aliphatic carbocycles. The third kappa shape index (κ3) is 8.12. The van der Waals surface area contributed by atoms with Gasteiger partial charge in [-0.2, -0.15) is 0 Å². The van der Waals surface area contributed by atoms with Gasteiger partial charge in [0.05, 0.1) is 27.8 Å². The van der Waals surface area contributed by atoms with E-state index in [1.807, 2.05) is 0 Å². The lowest BCUT2D eigenvalue weighted by molar-refractivity contribution is 0.671. The molecule has 13 aromatic rings. The predicted octanol–water partition coefficient (Wildman–Crippen LogP) is 18.3. The van der Waals surface area contributed by atoms with E-state index >= 15 is 0 Å². The van der Waals surface area contributed by atoms with E-state index in [1.54, 1.807) is 11.8 Å². The van der Waals surface area contributed by atoms with Gasteiger partial charge in [0.1, 0.15) is 12.0 Å². The van der Waals surface area contributed by atoms with Crippen molar-refractivity contribution >= 4 is 67.0 Å². The quantitative estimate of drug-likeness (QED) is 0.131. The van der Waals surface area contributed by atoms with Gasteiger partial charge < -0.3 is 14.5 Å². The Bertz CT molecular complexity index is 4490. The zero-order valence-electron chi connectivity index (χ0n) is 43.3. The van der Waals surface area contributed by atoms with Crippen molar-refractivity contribution in [1.82, 2.24) is 14.5 Å². The second-order valence-corrected chi connectivity index (χ2v) is 20.8. The number of thioether (sulfide) groups is 1. The zero-order chi connectivity index (χ0) is 52.1. The van der Waals surface area contributed by atoms with Crippen LogP contribution in [0.5, 0.6) is 0 Å². The fourth-order valence-corrected chi connectivity index (χ4v) is 12.5. The van der Waals surface area contributed by atoms with Gasteiger partial charge in [0.2, 0.25) is 0 Å². The first-order valence-corrected chi connectivity index (χ1v) is 28.0. The summed E-state index contributed by atoms with van der Waals surface area (Å²) in [5.74, 6) is 1.43. The van der Waals surface area contributed by atoms with E-state index in [4.69, 9.17) is 9.98 Å². The molecule has 3 heterocycles. The molecule has 0 fully saturated rings. The number of para-hydroxylation sites is 3. The Kier molecular flexibility index (Phi) is 12.0. The molecule has 0 saturated carbocycles. The van der Waals surface area contributed by atoms with Gasteiger partial charge in [0, 0.05) is 48.8 Å². The first kappa shape index (κ1) is 47.0. The molecule has 1 aliphatic heterocycles. The number of nitrogens with one attached hydrogen (secondary N) is 1. The molecule has 1 atom stereocenters. The smallest absolute Gasteiger partial charge is 0.159 e. The molecule has 1 aliphatic rings. The lowest BCUT2D eigenvalue weighted by Crippen LogP contribution is -2.34. The van der Waals surface area contributed by atoms with E-state index in [2.05, 4.69) is 288 Å². The molecule has 0 bridgehead atoms. The SMILES string of the molecule is CCc1ccccc1-c1cc(C2=NC(c3cccc(-c4ccccc4)c3)=NC(c3ccc(-c4ccccc4)cc3-n3c4ccccc4c4c(-c5cccc6c5c5ccccc5n6-c5ccccc5)cccc43)N2)ccc1SC. The number of hydrogen-bond donors (Lipinski definition) is 1. The Morgan fingerprint density at radius 2 is 0.949 bits per heavy atom. The van der Waals surface area contributed by atoms with Crippen molar-refractivity contribution in [2.75, 3.05) is 6.26 Å². The maximum atomic E-state index is 5.66. The van der Waals surface area contributed by atoms with Crippen molar-refractivity contribution in [3.63, 3.8) is 0 Å². The van der Waals surface area contributed by atoms with Gasteiger partial charge in [-0.05, 0) is 123 Å². The molecule has 1 unspecified atom stereocenters. The first-order valence-electron chi connectivity index (χ1n) is 26.8. The van der Waals surface area contributed by atoms with Gasteiger partial charge in [-0.15, -0.1) is 11.8 Å². The molecular weight excluding hydrogens is 967 g/mol. The highest BCUT2D eigenvalue weighted by Crippen LogP contribution is 2.45. The molecule has 372 valence electrons. The maximum Gasteiger partial charge on any atom is 0.159 e. The molecule has 11 aromatic carbocycles. The molecule has 0 radical (unpaired) electrons. The van der Waals surface area contributed by atoms with Crippen LogP contribution in [0.25, 0.3) is 99.5 Å². The van der Waals surface area contributed by atoms with Crippen LogP contribution in [0.3, 0.4) is 0 Å². The summed E-state index contributed by atoms with van der Waals surface area (Å²) in [5.41, 5.74) is 20.4. The van der Waals surface area contributed by atoms with Gasteiger partial charge in [0.15, 0.2) is 5.84 Å². The Morgan fingerprint density at radius 1 is 0.423 bits per heavy atom. The lowest BCUT2D eigenvalue weighted by Gasteiger charge is -2.27. The minimum Gasteiger partial charge on any atom is -0.344 e. The van der Waals surface area contributed by atoms with E-state index in [-0.39, 0.29) is 0 Å². The van der Waals surface area contributed by atoms with Crippen LogP contribution in [0.1, 0.15) is 35.3 Å². The first-order chi connectivity index (χ1) is 38.6. The van der Waals surface area contributed by atoms with Crippen molar-refractivity contribution in [2.24, 2.45) is 9.98 Å². The Morgan fingerprint density at radius 3 is 1.63 bits per heavy atom. The maximum absolute atomic E-state index is 5.66. The molecule has 14 rings (SSSR count). The van der Waals surface area contributed by atoms with Gasteiger partial charge in [-0.3, -0.25) is 0 Å². The normalized spacial score (nSPS) is 13.5. The summed E-state index contributed by atoms with van der Waals surface area (Å²) in [6.45, 7) is 2.23. The standard InChI is InChI=1S/C72H53N5S/c1-3-47-22-13-14-31-55(47)61-45-53(41-43-67(61)78-2)71-73-70(52-28-19-27-50(44-52)48-23-7-4-8-24-48)74-72(75-71)60-42-40-51(49-25-9-5-10-26-49)46-66(60)77-63-37-18-16-33-59(63)69-57(35-21-39-65(69)77)56-34-20-38-64-68(56)58-32-15-17-36-62(58)76(64)54-29-11-6-12-30-54/h4-46,72H,3H2,1-2H3,(H,73,74,75). The van der Waals surface area contributed by atoms with Crippen LogP contribution in [-0.4, -0.2) is 27.1 Å². The van der Waals surface area contributed by atoms with E-state index in [0.717, 1.165) is 73.6 Å². The Labute approximate surface area is 458 Å². The molecular formula is C72H53N5S. The van der Waals surface area contributed by atoms with Gasteiger partial charge in [0.25, 0.3) is 0 Å². The number of aryl methyl sites for hydroxylation is 1. The second-order valence-electron chi connectivity index (χ2n) is 19.9. The molecule has 6 heteroatoms. The predicted molar refractivity (Wildman–Crippen MR) is 330 cm³/mol. The number of aliphatic imine (C=N–C) groups is 2. The van der Waals surface area contributed by atoms with Crippen LogP contribution in [-0.2, 0) is 6.42 Å². The third-order valence-corrected chi connectivity index (χ3v) is 16.3. The van der Waals surface area contributed by atoms with Crippen molar-refractivity contribution in [3.05, 3.63) is 283 Å². The van der Waals surface area contributed by atoms with E-state index in [1.165, 1.54) is 65.3 Å². The fourth-order valence-electron chi connectivity index (χ4n) is 11.9. The summed E-state index contributed by atoms with van der Waals surface area (Å²) in [4.78, 5) is 12.4. The largest absolute Gasteiger partial charge is 0.344 e. The van der Waals surface area contributed by atoms with Crippen molar-refractivity contribution in [2.45, 2.75) is 24.4 Å². The number of fused-ring (bicyclic) bond motifs is 6. The molecule has 2 aromatic heterocycles. The van der Waals surface area contributed by atoms with Crippen LogP contribution in [0.4, 0.5) is 0 Å². The molecule has 1 N–H and O–H groups in total. The van der Waals surface area contributed by atoms with Crippen LogP contribution in [0, 0.1) is 0 Å². The van der Waals surface area contributed by atoms with Crippen LogP contribution >= 0.6 is 11.8 Å². The topological polar surface area (TPSA) is 46.6 Å².